The Labute approximate surface area is 126 Å². The van der Waals surface area contributed by atoms with Gasteiger partial charge >= 0.3 is 0 Å². The molecule has 0 spiro atoms. The fourth-order valence-corrected chi connectivity index (χ4v) is 2.95. The molecule has 1 aromatic carbocycles. The normalized spacial score (nSPS) is 12.0. The van der Waals surface area contributed by atoms with Crippen molar-refractivity contribution in [2.45, 2.75) is 17.1 Å². The summed E-state index contributed by atoms with van der Waals surface area (Å²) < 4.78 is 11.1. The number of halogens is 1. The predicted molar refractivity (Wildman–Crippen MR) is 80.9 cm³/mol. The molecule has 1 atom stereocenters. The van der Waals surface area contributed by atoms with E-state index in [1.807, 2.05) is 25.1 Å². The molecule has 4 nitrogen and oxygen atoms in total. The van der Waals surface area contributed by atoms with Gasteiger partial charge in [0.05, 0.1) is 23.9 Å². The number of benzene rings is 1. The third-order valence-corrected chi connectivity index (χ3v) is 4.04. The van der Waals surface area contributed by atoms with Crippen LogP contribution in [-0.2, 0) is 9.53 Å². The highest BCUT2D eigenvalue weighted by Crippen LogP contribution is 2.34. The molecule has 0 aromatic heterocycles. The van der Waals surface area contributed by atoms with Crippen LogP contribution >= 0.6 is 27.7 Å². The van der Waals surface area contributed by atoms with Crippen molar-refractivity contribution in [3.8, 4) is 5.75 Å². The molecule has 1 N–H and O–H groups in total. The molecule has 1 aromatic rings. The first kappa shape index (κ1) is 16.3. The van der Waals surface area contributed by atoms with E-state index in [0.717, 1.165) is 15.1 Å². The van der Waals surface area contributed by atoms with Gasteiger partial charge in [0.15, 0.2) is 0 Å². The van der Waals surface area contributed by atoms with E-state index in [0.29, 0.717) is 13.2 Å². The van der Waals surface area contributed by atoms with Gasteiger partial charge in [-0.3, -0.25) is 4.79 Å². The van der Waals surface area contributed by atoms with Crippen LogP contribution in [0.2, 0.25) is 0 Å². The largest absolute Gasteiger partial charge is 0.496 e. The summed E-state index contributed by atoms with van der Waals surface area (Å²) in [4.78, 5) is 12.8. The monoisotopic (exact) mass is 347 g/mol. The van der Waals surface area contributed by atoms with E-state index in [1.165, 1.54) is 11.8 Å². The number of ether oxygens (including phenoxy) is 2. The molecule has 0 aliphatic carbocycles. The van der Waals surface area contributed by atoms with Crippen molar-refractivity contribution in [3.63, 3.8) is 0 Å². The van der Waals surface area contributed by atoms with Crippen LogP contribution in [0.1, 0.15) is 6.92 Å². The minimum atomic E-state index is -0.194. The Morgan fingerprint density at radius 3 is 2.84 bits per heavy atom. The first-order valence-electron chi connectivity index (χ1n) is 5.85. The van der Waals surface area contributed by atoms with Gasteiger partial charge in [0.2, 0.25) is 5.91 Å². The predicted octanol–water partition coefficient (Wildman–Crippen LogP) is 2.70. The van der Waals surface area contributed by atoms with Gasteiger partial charge < -0.3 is 14.8 Å². The Bertz CT molecular complexity index is 428. The van der Waals surface area contributed by atoms with Gasteiger partial charge in [-0.15, -0.1) is 11.8 Å². The standard InChI is InChI=1S/C13H18BrNO3S/c1-9(13(16)15-6-7-17-2)19-12-8-10(14)4-5-11(12)18-3/h4-5,8-9H,6-7H2,1-3H3,(H,15,16). The van der Waals surface area contributed by atoms with Crippen molar-refractivity contribution < 1.29 is 14.3 Å². The first-order chi connectivity index (χ1) is 9.08. The van der Waals surface area contributed by atoms with Gasteiger partial charge in [-0.25, -0.2) is 0 Å². The minimum Gasteiger partial charge on any atom is -0.496 e. The van der Waals surface area contributed by atoms with E-state index in [1.54, 1.807) is 14.2 Å². The second-order valence-corrected chi connectivity index (χ2v) is 6.14. The van der Waals surface area contributed by atoms with Crippen LogP contribution < -0.4 is 10.1 Å². The Balaban J connectivity index is 2.62. The summed E-state index contributed by atoms with van der Waals surface area (Å²) >= 11 is 4.88. The molecule has 6 heteroatoms. The number of thioether (sulfide) groups is 1. The smallest absolute Gasteiger partial charge is 0.233 e. The molecule has 0 heterocycles. The van der Waals surface area contributed by atoms with Crippen molar-refractivity contribution in [3.05, 3.63) is 22.7 Å². The summed E-state index contributed by atoms with van der Waals surface area (Å²) in [5.41, 5.74) is 0. The van der Waals surface area contributed by atoms with E-state index >= 15 is 0 Å². The van der Waals surface area contributed by atoms with Crippen LogP contribution in [0.3, 0.4) is 0 Å². The number of hydrogen-bond donors (Lipinski definition) is 1. The van der Waals surface area contributed by atoms with Gasteiger partial charge in [0.25, 0.3) is 0 Å². The topological polar surface area (TPSA) is 47.6 Å². The molecule has 0 saturated carbocycles. The fourth-order valence-electron chi connectivity index (χ4n) is 1.41. The van der Waals surface area contributed by atoms with Crippen LogP contribution in [0.5, 0.6) is 5.75 Å². The number of hydrogen-bond acceptors (Lipinski definition) is 4. The fraction of sp³-hybridized carbons (Fsp3) is 0.462. The van der Waals surface area contributed by atoms with Crippen LogP contribution in [0, 0.1) is 0 Å². The van der Waals surface area contributed by atoms with Gasteiger partial charge in [0, 0.05) is 18.1 Å². The molecule has 19 heavy (non-hydrogen) atoms. The lowest BCUT2D eigenvalue weighted by molar-refractivity contribution is -0.120. The molecule has 0 aliphatic heterocycles. The lowest BCUT2D eigenvalue weighted by Gasteiger charge is -2.14. The highest BCUT2D eigenvalue weighted by Gasteiger charge is 2.16. The third-order valence-electron chi connectivity index (χ3n) is 2.40. The molecule has 1 amide bonds. The molecule has 106 valence electrons. The van der Waals surface area contributed by atoms with Crippen molar-refractivity contribution in [2.75, 3.05) is 27.4 Å². The minimum absolute atomic E-state index is 0.0101. The van der Waals surface area contributed by atoms with E-state index in [-0.39, 0.29) is 11.2 Å². The molecule has 0 bridgehead atoms. The first-order valence-corrected chi connectivity index (χ1v) is 7.52. The van der Waals surface area contributed by atoms with Crippen LogP contribution in [-0.4, -0.2) is 38.5 Å². The van der Waals surface area contributed by atoms with Crippen LogP contribution in [0.4, 0.5) is 0 Å². The zero-order valence-corrected chi connectivity index (χ0v) is 13.6. The average molecular weight is 348 g/mol. The van der Waals surface area contributed by atoms with Crippen molar-refractivity contribution >= 4 is 33.6 Å². The molecule has 0 aliphatic rings. The Hall–Kier alpha value is -0.720. The molecule has 0 radical (unpaired) electrons. The molecular formula is C13H18BrNO3S. The Morgan fingerprint density at radius 1 is 1.47 bits per heavy atom. The van der Waals surface area contributed by atoms with E-state index in [4.69, 9.17) is 9.47 Å². The summed E-state index contributed by atoms with van der Waals surface area (Å²) in [6.45, 7) is 2.91. The lowest BCUT2D eigenvalue weighted by atomic mass is 10.3. The second-order valence-electron chi connectivity index (χ2n) is 3.84. The van der Waals surface area contributed by atoms with Crippen molar-refractivity contribution in [1.82, 2.24) is 5.32 Å². The summed E-state index contributed by atoms with van der Waals surface area (Å²) in [6.07, 6.45) is 0. The van der Waals surface area contributed by atoms with Gasteiger partial charge in [-0.2, -0.15) is 0 Å². The lowest BCUT2D eigenvalue weighted by Crippen LogP contribution is -2.33. The highest BCUT2D eigenvalue weighted by atomic mass is 79.9. The van der Waals surface area contributed by atoms with Crippen molar-refractivity contribution in [1.29, 1.82) is 0 Å². The zero-order valence-electron chi connectivity index (χ0n) is 11.2. The zero-order chi connectivity index (χ0) is 14.3. The molecule has 1 rings (SSSR count). The number of rotatable bonds is 7. The Kier molecular flexibility index (Phi) is 7.27. The van der Waals surface area contributed by atoms with Crippen LogP contribution in [0.15, 0.2) is 27.6 Å². The maximum absolute atomic E-state index is 11.9. The maximum Gasteiger partial charge on any atom is 0.233 e. The number of carbonyl (C=O) groups is 1. The summed E-state index contributed by atoms with van der Waals surface area (Å²) in [6, 6.07) is 5.73. The van der Waals surface area contributed by atoms with Crippen LogP contribution in [0.25, 0.3) is 0 Å². The Morgan fingerprint density at radius 2 is 2.21 bits per heavy atom. The second kappa shape index (κ2) is 8.45. The molecule has 1 unspecified atom stereocenters. The van der Waals surface area contributed by atoms with E-state index < -0.39 is 0 Å². The number of methoxy groups -OCH3 is 2. The average Bonchev–Trinajstić information content (AvgIpc) is 2.39. The van der Waals surface area contributed by atoms with Gasteiger partial charge in [-0.05, 0) is 25.1 Å². The van der Waals surface area contributed by atoms with E-state index in [9.17, 15) is 4.79 Å². The number of amides is 1. The quantitative estimate of drug-likeness (QED) is 0.608. The van der Waals surface area contributed by atoms with E-state index in [2.05, 4.69) is 21.2 Å². The van der Waals surface area contributed by atoms with Crippen molar-refractivity contribution in [2.24, 2.45) is 0 Å². The molecule has 0 fully saturated rings. The van der Waals surface area contributed by atoms with Gasteiger partial charge in [-0.1, -0.05) is 15.9 Å². The molecule has 0 saturated heterocycles. The third kappa shape index (κ3) is 5.42. The summed E-state index contributed by atoms with van der Waals surface area (Å²) in [5, 5.41) is 2.62. The molecular weight excluding hydrogens is 330 g/mol. The number of carbonyl (C=O) groups excluding carboxylic acids is 1. The highest BCUT2D eigenvalue weighted by molar-refractivity contribution is 9.10. The maximum atomic E-state index is 11.9. The number of nitrogens with one attached hydrogen (secondary N) is 1. The SMILES string of the molecule is COCCNC(=O)C(C)Sc1cc(Br)ccc1OC. The summed E-state index contributed by atoms with van der Waals surface area (Å²) in [5.74, 6) is 0.758. The van der Waals surface area contributed by atoms with Gasteiger partial charge in [0.1, 0.15) is 5.75 Å². The summed E-state index contributed by atoms with van der Waals surface area (Å²) in [7, 11) is 3.23.